The number of likely N-dealkylation sites (tertiary alicyclic amines) is 4. The van der Waals surface area contributed by atoms with Crippen LogP contribution in [0.4, 0.5) is 14.4 Å². The zero-order chi connectivity index (χ0) is 61.1. The van der Waals surface area contributed by atoms with E-state index in [9.17, 15) is 63.3 Å². The number of amides is 7. The number of alkyl carbamates (subject to hydrolysis) is 3. The van der Waals surface area contributed by atoms with E-state index in [1.54, 1.807) is 76.2 Å². The minimum Gasteiger partial charge on any atom is -1.00 e. The van der Waals surface area contributed by atoms with E-state index in [4.69, 9.17) is 44.4 Å². The van der Waals surface area contributed by atoms with Crippen LogP contribution in [0.2, 0.25) is 0 Å². The summed E-state index contributed by atoms with van der Waals surface area (Å²) in [4.78, 5) is 122. The first kappa shape index (κ1) is 89.2. The number of halogens is 1. The van der Waals surface area contributed by atoms with Gasteiger partial charge in [0.2, 0.25) is 23.6 Å². The predicted octanol–water partition coefficient (Wildman–Crippen LogP) is -3.93. The van der Waals surface area contributed by atoms with Crippen LogP contribution < -0.4 is 40.5 Å². The molecule has 5 saturated heterocycles. The number of rotatable bonds is 13. The molecule has 0 saturated carbocycles. The molecule has 0 aliphatic carbocycles. The summed E-state index contributed by atoms with van der Waals surface area (Å²) in [6.07, 6.45) is -0.483. The molecule has 492 valence electrons. The SMILES string of the molecule is C.C.C1CCOC1.CC(C)(C)OC(=O)NCC(=O)N1CC[C@H](O)[C@@H]1CO.CCOC(=O)C1C(=O)CCN1C(=O)CNC(=O)OC(C)(C)C.CCOC(=O)[C@H]1[C@@H](O)CCN1C(=O)CNC(=O)OC(C)(C)C.Cl.NCC(=O)N1CC[C@H](O)[C@@H]1CO.[AlH3].[H-].[Li+]. The van der Waals surface area contributed by atoms with Crippen LogP contribution in [-0.2, 0) is 62.0 Å². The van der Waals surface area contributed by atoms with Crippen molar-refractivity contribution in [2.45, 2.75) is 189 Å². The molecule has 0 radical (unpaired) electrons. The van der Waals surface area contributed by atoms with Gasteiger partial charge in [-0.05, 0) is 108 Å². The fourth-order valence-electron chi connectivity index (χ4n) is 8.04. The number of aliphatic hydroxyl groups excluding tert-OH is 5. The Labute approximate surface area is 531 Å². The van der Waals surface area contributed by atoms with E-state index in [1.165, 1.54) is 27.5 Å². The van der Waals surface area contributed by atoms with Crippen molar-refractivity contribution in [3.63, 3.8) is 0 Å². The zero-order valence-corrected chi connectivity index (χ0v) is 50.5. The number of ether oxygens (including phenoxy) is 6. The van der Waals surface area contributed by atoms with Gasteiger partial charge in [-0.25, -0.2) is 24.0 Å². The van der Waals surface area contributed by atoms with Crippen molar-refractivity contribution in [3.05, 3.63) is 0 Å². The second kappa shape index (κ2) is 44.0. The number of hydrogen-bond donors (Lipinski definition) is 9. The molecule has 7 amide bonds. The smallest absolute Gasteiger partial charge is 1.00 e. The summed E-state index contributed by atoms with van der Waals surface area (Å²) in [5, 5.41) is 53.7. The molecule has 5 aliphatic rings. The minimum absolute atomic E-state index is 0. The number of aliphatic hydroxyl groups is 5. The van der Waals surface area contributed by atoms with E-state index in [0.29, 0.717) is 32.4 Å². The first-order chi connectivity index (χ1) is 37.2. The fourth-order valence-corrected chi connectivity index (χ4v) is 8.04. The van der Waals surface area contributed by atoms with Crippen LogP contribution in [0.15, 0.2) is 0 Å². The summed E-state index contributed by atoms with van der Waals surface area (Å²) in [6, 6.07) is -3.28. The van der Waals surface area contributed by atoms with Gasteiger partial charge in [0.15, 0.2) is 35.2 Å². The summed E-state index contributed by atoms with van der Waals surface area (Å²) in [6.45, 7) is 20.8. The molecule has 10 N–H and O–H groups in total. The molecule has 5 rings (SSSR count). The van der Waals surface area contributed by atoms with Gasteiger partial charge in [0.1, 0.15) is 36.4 Å². The van der Waals surface area contributed by atoms with Crippen molar-refractivity contribution in [1.29, 1.82) is 0 Å². The minimum atomic E-state index is -1.21. The van der Waals surface area contributed by atoms with Gasteiger partial charge in [0.25, 0.3) is 0 Å². The van der Waals surface area contributed by atoms with Crippen molar-refractivity contribution >= 4 is 89.4 Å². The second-order valence-electron chi connectivity index (χ2n) is 21.6. The van der Waals surface area contributed by atoms with Crippen LogP contribution in [0, 0.1) is 0 Å². The van der Waals surface area contributed by atoms with Crippen LogP contribution >= 0.6 is 12.4 Å². The summed E-state index contributed by atoms with van der Waals surface area (Å²) < 4.78 is 29.6. The third-order valence-corrected chi connectivity index (χ3v) is 11.6. The number of carbonyl (C=O) groups excluding carboxylic acids is 10. The van der Waals surface area contributed by atoms with Gasteiger partial charge >= 0.3 is 49.1 Å². The molecule has 0 aromatic heterocycles. The molecule has 0 bridgehead atoms. The van der Waals surface area contributed by atoms with E-state index in [0.717, 1.165) is 18.1 Å². The van der Waals surface area contributed by atoms with Crippen molar-refractivity contribution < 1.29 is 122 Å². The third-order valence-electron chi connectivity index (χ3n) is 11.6. The van der Waals surface area contributed by atoms with Crippen molar-refractivity contribution in [2.24, 2.45) is 5.73 Å². The maximum absolute atomic E-state index is 12.1. The average Bonchev–Trinajstić information content (AvgIpc) is 4.26. The quantitative estimate of drug-likeness (QED) is 0.0368. The van der Waals surface area contributed by atoms with Crippen LogP contribution in [0.3, 0.4) is 0 Å². The first-order valence-electron chi connectivity index (χ1n) is 26.7. The summed E-state index contributed by atoms with van der Waals surface area (Å²) >= 11 is 0. The normalized spacial score (nSPS) is 21.0. The molecule has 0 aromatic carbocycles. The van der Waals surface area contributed by atoms with Gasteiger partial charge < -0.3 is 96.7 Å². The second-order valence-corrected chi connectivity index (χ2v) is 21.6. The molecule has 5 heterocycles. The van der Waals surface area contributed by atoms with E-state index in [-0.39, 0.29) is 155 Å². The molecule has 7 atom stereocenters. The molecule has 0 spiro atoms. The Hall–Kier alpha value is -4.56. The maximum Gasteiger partial charge on any atom is 1.00 e. The number of nitrogens with zero attached hydrogens (tertiary/aromatic N) is 4. The van der Waals surface area contributed by atoms with E-state index in [1.807, 2.05) is 0 Å². The number of esters is 2. The molecule has 5 fully saturated rings. The number of carbonyl (C=O) groups is 10. The molecular weight excluding hydrogens is 1150 g/mol. The fraction of sp³-hybridized carbons (Fsp3) is 0.811. The Kier molecular flexibility index (Phi) is 46.1. The molecule has 32 heteroatoms. The summed E-state index contributed by atoms with van der Waals surface area (Å²) in [5.74, 6) is -3.31. The zero-order valence-electron chi connectivity index (χ0n) is 50.7. The topological polar surface area (TPSA) is 402 Å². The molecular formula is C53H103AlClLiN8O21. The number of Topliss-reactive ketones (excluding diaryl/α,β-unsaturated/α-hetero) is 1. The average molecular weight is 1260 g/mol. The summed E-state index contributed by atoms with van der Waals surface area (Å²) in [7, 11) is 0. The summed E-state index contributed by atoms with van der Waals surface area (Å²) in [5.41, 5.74) is 3.20. The first-order valence-corrected chi connectivity index (χ1v) is 26.7. The number of hydrogen-bond acceptors (Lipinski definition) is 22. The van der Waals surface area contributed by atoms with Gasteiger partial charge in [-0.3, -0.25) is 24.0 Å². The Bertz CT molecular complexity index is 2050. The van der Waals surface area contributed by atoms with Gasteiger partial charge in [0, 0.05) is 45.8 Å². The van der Waals surface area contributed by atoms with Crippen LogP contribution in [0.5, 0.6) is 0 Å². The molecule has 5 aliphatic heterocycles. The molecule has 29 nitrogen and oxygen atoms in total. The van der Waals surface area contributed by atoms with E-state index >= 15 is 0 Å². The van der Waals surface area contributed by atoms with Crippen LogP contribution in [0.1, 0.15) is 131 Å². The van der Waals surface area contributed by atoms with Gasteiger partial charge in [-0.15, -0.1) is 12.4 Å². The molecule has 85 heavy (non-hydrogen) atoms. The van der Waals surface area contributed by atoms with Crippen molar-refractivity contribution in [2.75, 3.05) is 92.0 Å². The number of nitrogens with two attached hydrogens (primary N) is 1. The third kappa shape index (κ3) is 34.0. The Morgan fingerprint density at radius 2 is 0.918 bits per heavy atom. The van der Waals surface area contributed by atoms with E-state index in [2.05, 4.69) is 16.0 Å². The Balaban J connectivity index is -0.000000239. The van der Waals surface area contributed by atoms with Gasteiger partial charge in [-0.1, -0.05) is 14.9 Å². The van der Waals surface area contributed by atoms with Crippen LogP contribution in [0.25, 0.3) is 0 Å². The molecule has 1 unspecified atom stereocenters. The van der Waals surface area contributed by atoms with Crippen LogP contribution in [-0.4, -0.2) is 273 Å². The van der Waals surface area contributed by atoms with Crippen molar-refractivity contribution in [3.8, 4) is 0 Å². The number of ketones is 1. The maximum atomic E-state index is 12.1. The molecule has 0 aromatic rings. The standard InChI is InChI=1S/C14H24N2O6.C14H22N2O6.C12H22N2O5.C7H14N2O3.C4H8O.2CH4.Al.ClH.Li.4H/c2*1-5-21-12(19)11-9(17)6-7-16(11)10(18)8-15-13(20)22-14(2,3)4;1-12(2,3)19-11(18)13-6-10(17)14-5-4-9(16)8(14)7-15;8-3-7(12)9-2-1-6(11)5(9)4-10;1-2-4-5-3-1;;;;;;;;;/h9,11,17H,5-8H2,1-4H3,(H,15,20);11H,5-8H2,1-4H3,(H,15,20);8-9,15-16H,4-7H2,1-3H3,(H,13,18);5-6,10-11H,1-4,8H2;1-4H2;2*1H4;;1H;;;;;/q;;;;;;;;;+1;;;;-1/t9-,11+;;8-,9-;5-,6-;;;;;;;;;;/m0.00........../s1. The van der Waals surface area contributed by atoms with Gasteiger partial charge in [-0.2, -0.15) is 0 Å². The Morgan fingerprint density at radius 1 is 0.576 bits per heavy atom. The number of nitrogens with one attached hydrogen (secondary N) is 3. The predicted molar refractivity (Wildman–Crippen MR) is 315 cm³/mol. The Morgan fingerprint density at radius 3 is 1.26 bits per heavy atom. The largest absolute Gasteiger partial charge is 1.00 e. The van der Waals surface area contributed by atoms with Crippen molar-refractivity contribution in [1.82, 2.24) is 35.6 Å². The van der Waals surface area contributed by atoms with E-state index < -0.39 is 101 Å². The monoisotopic (exact) mass is 1260 g/mol. The van der Waals surface area contributed by atoms with Gasteiger partial charge in [0.05, 0.1) is 63.4 Å².